The Morgan fingerprint density at radius 2 is 1.95 bits per heavy atom. The van der Waals surface area contributed by atoms with Gasteiger partial charge in [-0.1, -0.05) is 35.0 Å². The van der Waals surface area contributed by atoms with Crippen LogP contribution in [-0.2, 0) is 13.5 Å². The third-order valence-corrected chi connectivity index (χ3v) is 5.14. The molecule has 0 saturated heterocycles. The van der Waals surface area contributed by atoms with Gasteiger partial charge in [0, 0.05) is 36.4 Å². The third-order valence-electron chi connectivity index (χ3n) is 3.89. The van der Waals surface area contributed by atoms with Crippen molar-refractivity contribution in [2.75, 3.05) is 6.54 Å². The summed E-state index contributed by atoms with van der Waals surface area (Å²) in [7, 11) is 2.05. The second kappa shape index (κ2) is 7.23. The molecule has 0 bridgehead atoms. The van der Waals surface area contributed by atoms with E-state index >= 15 is 0 Å². The molecule has 0 fully saturated rings. The lowest BCUT2D eigenvalue weighted by atomic mass is 9.97. The smallest absolute Gasteiger partial charge is 0.108 e. The highest BCUT2D eigenvalue weighted by molar-refractivity contribution is 9.10. The molecule has 4 heteroatoms. The van der Waals surface area contributed by atoms with Gasteiger partial charge in [-0.25, -0.2) is 4.98 Å². The zero-order chi connectivity index (χ0) is 15.4. The van der Waals surface area contributed by atoms with Crippen molar-refractivity contribution in [2.24, 2.45) is 7.05 Å². The normalized spacial score (nSPS) is 12.6. The van der Waals surface area contributed by atoms with Crippen LogP contribution in [0.5, 0.6) is 0 Å². The summed E-state index contributed by atoms with van der Waals surface area (Å²) in [5.74, 6) is 1.14. The highest BCUT2D eigenvalue weighted by Crippen LogP contribution is 2.27. The first-order chi connectivity index (χ1) is 10.0. The van der Waals surface area contributed by atoms with Crippen molar-refractivity contribution in [3.63, 3.8) is 0 Å². The van der Waals surface area contributed by atoms with Crippen LogP contribution in [0.2, 0.25) is 0 Å². The van der Waals surface area contributed by atoms with Gasteiger partial charge in [0.15, 0.2) is 0 Å². The van der Waals surface area contributed by atoms with Gasteiger partial charge in [0.1, 0.15) is 5.82 Å². The average molecular weight is 350 g/mol. The number of benzene rings is 1. The molecule has 21 heavy (non-hydrogen) atoms. The maximum absolute atomic E-state index is 4.42. The first-order valence-corrected chi connectivity index (χ1v) is 8.28. The highest BCUT2D eigenvalue weighted by atomic mass is 79.9. The number of rotatable bonds is 6. The van der Waals surface area contributed by atoms with Gasteiger partial charge in [-0.05, 0) is 43.5 Å². The van der Waals surface area contributed by atoms with Gasteiger partial charge in [0.2, 0.25) is 0 Å². The van der Waals surface area contributed by atoms with Gasteiger partial charge < -0.3 is 9.88 Å². The molecule has 1 aromatic carbocycles. The van der Waals surface area contributed by atoms with E-state index in [1.165, 1.54) is 21.2 Å². The lowest BCUT2D eigenvalue weighted by Crippen LogP contribution is -2.22. The number of hydrogen-bond donors (Lipinski definition) is 1. The SMILES string of the molecule is CCNC(CCc1nccn1C)c1cc(C)c(Br)c(C)c1. The van der Waals surface area contributed by atoms with Gasteiger partial charge >= 0.3 is 0 Å². The minimum absolute atomic E-state index is 0.372. The Bertz CT molecular complexity index is 581. The second-order valence-electron chi connectivity index (χ2n) is 5.57. The molecule has 3 nitrogen and oxygen atoms in total. The minimum atomic E-state index is 0.372. The summed E-state index contributed by atoms with van der Waals surface area (Å²) in [4.78, 5) is 4.42. The zero-order valence-corrected chi connectivity index (χ0v) is 14.9. The molecular weight excluding hydrogens is 326 g/mol. The molecular formula is C17H24BrN3. The van der Waals surface area contributed by atoms with E-state index in [-0.39, 0.29) is 0 Å². The van der Waals surface area contributed by atoms with Crippen LogP contribution < -0.4 is 5.32 Å². The molecule has 0 saturated carbocycles. The van der Waals surface area contributed by atoms with E-state index in [1.54, 1.807) is 0 Å². The molecule has 114 valence electrons. The van der Waals surface area contributed by atoms with Crippen molar-refractivity contribution < 1.29 is 0 Å². The Labute approximate surface area is 135 Å². The summed E-state index contributed by atoms with van der Waals surface area (Å²) in [5, 5.41) is 3.60. The topological polar surface area (TPSA) is 29.9 Å². The van der Waals surface area contributed by atoms with E-state index < -0.39 is 0 Å². The van der Waals surface area contributed by atoms with E-state index in [0.29, 0.717) is 6.04 Å². The van der Waals surface area contributed by atoms with Crippen LogP contribution in [0.4, 0.5) is 0 Å². The first kappa shape index (κ1) is 16.2. The number of aromatic nitrogens is 2. The van der Waals surface area contributed by atoms with Crippen LogP contribution in [0.25, 0.3) is 0 Å². The monoisotopic (exact) mass is 349 g/mol. The van der Waals surface area contributed by atoms with Crippen molar-refractivity contribution in [1.82, 2.24) is 14.9 Å². The highest BCUT2D eigenvalue weighted by Gasteiger charge is 2.14. The van der Waals surface area contributed by atoms with Crippen molar-refractivity contribution in [3.05, 3.63) is 51.5 Å². The molecule has 0 radical (unpaired) electrons. The standard InChI is InChI=1S/C17H24BrN3/c1-5-19-15(6-7-16-20-8-9-21(16)4)14-10-12(2)17(18)13(3)11-14/h8-11,15,19H,5-7H2,1-4H3. The summed E-state index contributed by atoms with van der Waals surface area (Å²) >= 11 is 3.65. The summed E-state index contributed by atoms with van der Waals surface area (Å²) in [6, 6.07) is 4.93. The lowest BCUT2D eigenvalue weighted by molar-refractivity contribution is 0.505. The van der Waals surface area contributed by atoms with Gasteiger partial charge in [0.05, 0.1) is 0 Å². The van der Waals surface area contributed by atoms with E-state index in [9.17, 15) is 0 Å². The van der Waals surface area contributed by atoms with Gasteiger partial charge in [0.25, 0.3) is 0 Å². The van der Waals surface area contributed by atoms with Gasteiger partial charge in [-0.15, -0.1) is 0 Å². The van der Waals surface area contributed by atoms with Crippen LogP contribution in [0, 0.1) is 13.8 Å². The van der Waals surface area contributed by atoms with Gasteiger partial charge in [-0.3, -0.25) is 0 Å². The predicted molar refractivity (Wildman–Crippen MR) is 91.6 cm³/mol. The Hall–Kier alpha value is -1.13. The second-order valence-corrected chi connectivity index (χ2v) is 6.36. The van der Waals surface area contributed by atoms with Crippen LogP contribution in [0.15, 0.2) is 29.0 Å². The molecule has 0 spiro atoms. The Morgan fingerprint density at radius 3 is 2.48 bits per heavy atom. The number of nitrogens with one attached hydrogen (secondary N) is 1. The first-order valence-electron chi connectivity index (χ1n) is 7.49. The quantitative estimate of drug-likeness (QED) is 0.851. The molecule has 1 unspecified atom stereocenters. The molecule has 0 aliphatic rings. The molecule has 0 aliphatic heterocycles. The largest absolute Gasteiger partial charge is 0.338 e. The summed E-state index contributed by atoms with van der Waals surface area (Å²) < 4.78 is 3.31. The molecule has 1 N–H and O–H groups in total. The van der Waals surface area contributed by atoms with E-state index in [4.69, 9.17) is 0 Å². The van der Waals surface area contributed by atoms with E-state index in [0.717, 1.165) is 25.2 Å². The van der Waals surface area contributed by atoms with Crippen LogP contribution in [0.3, 0.4) is 0 Å². The predicted octanol–water partition coefficient (Wildman–Crippen LogP) is 4.08. The fraction of sp³-hybridized carbons (Fsp3) is 0.471. The molecule has 1 heterocycles. The number of aryl methyl sites for hydroxylation is 4. The summed E-state index contributed by atoms with van der Waals surface area (Å²) in [6.07, 6.45) is 5.91. The number of nitrogens with zero attached hydrogens (tertiary/aromatic N) is 2. The van der Waals surface area contributed by atoms with Crippen LogP contribution >= 0.6 is 15.9 Å². The maximum atomic E-state index is 4.42. The van der Waals surface area contributed by atoms with Crippen molar-refractivity contribution in [2.45, 2.75) is 39.7 Å². The van der Waals surface area contributed by atoms with Crippen LogP contribution in [-0.4, -0.2) is 16.1 Å². The Morgan fingerprint density at radius 1 is 1.29 bits per heavy atom. The zero-order valence-electron chi connectivity index (χ0n) is 13.3. The van der Waals surface area contributed by atoms with Crippen LogP contribution in [0.1, 0.15) is 41.9 Å². The van der Waals surface area contributed by atoms with E-state index in [1.807, 2.05) is 12.4 Å². The van der Waals surface area contributed by atoms with Crippen molar-refractivity contribution in [1.29, 1.82) is 0 Å². The number of halogens is 1. The fourth-order valence-electron chi connectivity index (χ4n) is 2.72. The summed E-state index contributed by atoms with van der Waals surface area (Å²) in [5.41, 5.74) is 3.96. The fourth-order valence-corrected chi connectivity index (χ4v) is 2.95. The molecule has 0 aliphatic carbocycles. The maximum Gasteiger partial charge on any atom is 0.108 e. The van der Waals surface area contributed by atoms with Crippen molar-refractivity contribution >= 4 is 15.9 Å². The Kier molecular flexibility index (Phi) is 5.59. The van der Waals surface area contributed by atoms with E-state index in [2.05, 4.69) is 70.7 Å². The summed E-state index contributed by atoms with van der Waals surface area (Å²) in [6.45, 7) is 7.44. The molecule has 2 rings (SSSR count). The average Bonchev–Trinajstić information content (AvgIpc) is 2.85. The molecule has 1 atom stereocenters. The molecule has 0 amide bonds. The Balaban J connectivity index is 2.17. The number of hydrogen-bond acceptors (Lipinski definition) is 2. The third kappa shape index (κ3) is 3.95. The molecule has 2 aromatic rings. The number of imidazole rings is 1. The molecule has 1 aromatic heterocycles. The minimum Gasteiger partial charge on any atom is -0.338 e. The lowest BCUT2D eigenvalue weighted by Gasteiger charge is -2.20. The van der Waals surface area contributed by atoms with Gasteiger partial charge in [-0.2, -0.15) is 0 Å². The van der Waals surface area contributed by atoms with Crippen molar-refractivity contribution in [3.8, 4) is 0 Å².